The SMILES string of the molecule is CCCc1nc(C(=O)N2CCc3cccc(N)c3C2)n[nH]1. The molecular formula is C15H19N5O. The molecule has 0 radical (unpaired) electrons. The van der Waals surface area contributed by atoms with E-state index in [0.717, 1.165) is 36.3 Å². The Hall–Kier alpha value is -2.37. The van der Waals surface area contributed by atoms with Crippen molar-refractivity contribution in [1.29, 1.82) is 0 Å². The van der Waals surface area contributed by atoms with E-state index in [1.54, 1.807) is 4.90 Å². The number of fused-ring (bicyclic) bond motifs is 1. The maximum Gasteiger partial charge on any atom is 0.293 e. The van der Waals surface area contributed by atoms with Crippen molar-refractivity contribution >= 4 is 11.6 Å². The fourth-order valence-corrected chi connectivity index (χ4v) is 2.66. The van der Waals surface area contributed by atoms with E-state index in [1.807, 2.05) is 12.1 Å². The number of anilines is 1. The van der Waals surface area contributed by atoms with Crippen LogP contribution in [0.1, 0.15) is 40.9 Å². The van der Waals surface area contributed by atoms with Crippen LogP contribution in [0, 0.1) is 0 Å². The fourth-order valence-electron chi connectivity index (χ4n) is 2.66. The van der Waals surface area contributed by atoms with Crippen LogP contribution in [-0.4, -0.2) is 32.5 Å². The van der Waals surface area contributed by atoms with Gasteiger partial charge < -0.3 is 10.6 Å². The number of benzene rings is 1. The first-order valence-electron chi connectivity index (χ1n) is 7.26. The number of aryl methyl sites for hydroxylation is 1. The number of nitrogen functional groups attached to an aromatic ring is 1. The van der Waals surface area contributed by atoms with E-state index in [-0.39, 0.29) is 11.7 Å². The number of aromatic amines is 1. The van der Waals surface area contributed by atoms with Crippen LogP contribution < -0.4 is 5.73 Å². The molecule has 21 heavy (non-hydrogen) atoms. The first-order valence-corrected chi connectivity index (χ1v) is 7.26. The van der Waals surface area contributed by atoms with E-state index in [4.69, 9.17) is 5.73 Å². The summed E-state index contributed by atoms with van der Waals surface area (Å²) in [6, 6.07) is 5.90. The molecule has 2 heterocycles. The number of hydrogen-bond donors (Lipinski definition) is 2. The van der Waals surface area contributed by atoms with Crippen molar-refractivity contribution in [3.8, 4) is 0 Å². The second kappa shape index (κ2) is 5.55. The largest absolute Gasteiger partial charge is 0.398 e. The molecule has 0 aliphatic carbocycles. The number of nitrogens with two attached hydrogens (primary N) is 1. The molecule has 0 unspecified atom stereocenters. The molecule has 110 valence electrons. The number of rotatable bonds is 3. The van der Waals surface area contributed by atoms with E-state index in [1.165, 1.54) is 5.56 Å². The monoisotopic (exact) mass is 285 g/mol. The molecule has 2 aromatic rings. The molecule has 6 nitrogen and oxygen atoms in total. The number of amides is 1. The predicted octanol–water partition coefficient (Wildman–Crippen LogP) is 1.54. The molecule has 6 heteroatoms. The van der Waals surface area contributed by atoms with Gasteiger partial charge in [0, 0.05) is 25.2 Å². The Bertz CT molecular complexity index is 664. The van der Waals surface area contributed by atoms with Gasteiger partial charge in [0.2, 0.25) is 5.82 Å². The van der Waals surface area contributed by atoms with Crippen molar-refractivity contribution in [2.24, 2.45) is 0 Å². The van der Waals surface area contributed by atoms with Crippen LogP contribution in [0.5, 0.6) is 0 Å². The van der Waals surface area contributed by atoms with Gasteiger partial charge in [-0.15, -0.1) is 5.10 Å². The minimum atomic E-state index is -0.137. The molecule has 3 N–H and O–H groups in total. The number of nitrogens with zero attached hydrogens (tertiary/aromatic N) is 3. The Labute approximate surface area is 123 Å². The Morgan fingerprint density at radius 2 is 2.33 bits per heavy atom. The average Bonchev–Trinajstić information content (AvgIpc) is 2.96. The standard InChI is InChI=1S/C15H19N5O/c1-2-4-13-17-14(19-18-13)15(21)20-8-7-10-5-3-6-12(16)11(10)9-20/h3,5-6H,2,4,7-9,16H2,1H3,(H,17,18,19). The number of carbonyl (C=O) groups excluding carboxylic acids is 1. The lowest BCUT2D eigenvalue weighted by atomic mass is 9.98. The lowest BCUT2D eigenvalue weighted by molar-refractivity contribution is 0.0723. The van der Waals surface area contributed by atoms with Crippen LogP contribution in [0.3, 0.4) is 0 Å². The zero-order valence-electron chi connectivity index (χ0n) is 12.1. The van der Waals surface area contributed by atoms with Gasteiger partial charge in [-0.25, -0.2) is 4.98 Å². The lowest BCUT2D eigenvalue weighted by Crippen LogP contribution is -2.37. The van der Waals surface area contributed by atoms with Gasteiger partial charge in [0.25, 0.3) is 5.91 Å². The highest BCUT2D eigenvalue weighted by Gasteiger charge is 2.25. The number of aromatic nitrogens is 3. The topological polar surface area (TPSA) is 87.9 Å². The maximum atomic E-state index is 12.5. The van der Waals surface area contributed by atoms with E-state index in [9.17, 15) is 4.79 Å². The van der Waals surface area contributed by atoms with Gasteiger partial charge in [-0.2, -0.15) is 0 Å². The number of hydrogen-bond acceptors (Lipinski definition) is 4. The normalized spacial score (nSPS) is 14.0. The summed E-state index contributed by atoms with van der Waals surface area (Å²) in [6.45, 7) is 3.26. The Morgan fingerprint density at radius 1 is 1.48 bits per heavy atom. The molecule has 0 fully saturated rings. The molecule has 1 aromatic heterocycles. The third kappa shape index (κ3) is 2.61. The van der Waals surface area contributed by atoms with E-state index in [0.29, 0.717) is 13.1 Å². The third-order valence-corrected chi connectivity index (χ3v) is 3.81. The minimum Gasteiger partial charge on any atom is -0.398 e. The van der Waals surface area contributed by atoms with Gasteiger partial charge >= 0.3 is 0 Å². The van der Waals surface area contributed by atoms with Gasteiger partial charge in [0.15, 0.2) is 0 Å². The quantitative estimate of drug-likeness (QED) is 0.837. The molecule has 0 spiro atoms. The molecule has 0 saturated heterocycles. The lowest BCUT2D eigenvalue weighted by Gasteiger charge is -2.28. The summed E-state index contributed by atoms with van der Waals surface area (Å²) >= 11 is 0. The summed E-state index contributed by atoms with van der Waals surface area (Å²) in [5.74, 6) is 0.872. The molecular weight excluding hydrogens is 266 g/mol. The van der Waals surface area contributed by atoms with Crippen molar-refractivity contribution in [2.45, 2.75) is 32.7 Å². The number of nitrogens with one attached hydrogen (secondary N) is 1. The Morgan fingerprint density at radius 3 is 3.14 bits per heavy atom. The van der Waals surface area contributed by atoms with Crippen molar-refractivity contribution < 1.29 is 4.79 Å². The summed E-state index contributed by atoms with van der Waals surface area (Å²) in [4.78, 5) is 18.5. The van der Waals surface area contributed by atoms with Crippen LogP contribution >= 0.6 is 0 Å². The van der Waals surface area contributed by atoms with Crippen molar-refractivity contribution in [2.75, 3.05) is 12.3 Å². The summed E-state index contributed by atoms with van der Waals surface area (Å²) in [7, 11) is 0. The molecule has 1 aromatic carbocycles. The summed E-state index contributed by atoms with van der Waals surface area (Å²) < 4.78 is 0. The van der Waals surface area contributed by atoms with Gasteiger partial charge in [-0.1, -0.05) is 19.1 Å². The maximum absolute atomic E-state index is 12.5. The molecule has 3 rings (SSSR count). The van der Waals surface area contributed by atoms with Crippen LogP contribution in [0.15, 0.2) is 18.2 Å². The van der Waals surface area contributed by atoms with Crippen molar-refractivity contribution in [1.82, 2.24) is 20.1 Å². The molecule has 0 saturated carbocycles. The first kappa shape index (κ1) is 13.6. The zero-order valence-corrected chi connectivity index (χ0v) is 12.1. The predicted molar refractivity (Wildman–Crippen MR) is 79.7 cm³/mol. The summed E-state index contributed by atoms with van der Waals surface area (Å²) in [6.07, 6.45) is 2.59. The number of carbonyl (C=O) groups is 1. The average molecular weight is 285 g/mol. The molecule has 1 amide bonds. The minimum absolute atomic E-state index is 0.137. The second-order valence-corrected chi connectivity index (χ2v) is 5.32. The Kier molecular flexibility index (Phi) is 3.60. The van der Waals surface area contributed by atoms with Gasteiger partial charge in [0.1, 0.15) is 5.82 Å². The fraction of sp³-hybridized carbons (Fsp3) is 0.400. The van der Waals surface area contributed by atoms with Crippen LogP contribution in [0.2, 0.25) is 0 Å². The third-order valence-electron chi connectivity index (χ3n) is 3.81. The Balaban J connectivity index is 1.78. The van der Waals surface area contributed by atoms with Crippen LogP contribution in [0.4, 0.5) is 5.69 Å². The molecule has 1 aliphatic heterocycles. The molecule has 1 aliphatic rings. The first-order chi connectivity index (χ1) is 10.2. The van der Waals surface area contributed by atoms with Crippen molar-refractivity contribution in [3.05, 3.63) is 41.0 Å². The number of H-pyrrole nitrogens is 1. The molecule has 0 bridgehead atoms. The van der Waals surface area contributed by atoms with Gasteiger partial charge in [0.05, 0.1) is 0 Å². The van der Waals surface area contributed by atoms with E-state index < -0.39 is 0 Å². The highest BCUT2D eigenvalue weighted by Crippen LogP contribution is 2.24. The van der Waals surface area contributed by atoms with Gasteiger partial charge in [-0.3, -0.25) is 9.89 Å². The van der Waals surface area contributed by atoms with Gasteiger partial charge in [-0.05, 0) is 30.0 Å². The van der Waals surface area contributed by atoms with E-state index in [2.05, 4.69) is 28.2 Å². The van der Waals surface area contributed by atoms with Crippen LogP contribution in [0.25, 0.3) is 0 Å². The second-order valence-electron chi connectivity index (χ2n) is 5.32. The van der Waals surface area contributed by atoms with E-state index >= 15 is 0 Å². The smallest absolute Gasteiger partial charge is 0.293 e. The highest BCUT2D eigenvalue weighted by molar-refractivity contribution is 5.90. The van der Waals surface area contributed by atoms with Crippen molar-refractivity contribution in [3.63, 3.8) is 0 Å². The zero-order chi connectivity index (χ0) is 14.8. The summed E-state index contributed by atoms with van der Waals surface area (Å²) in [5, 5.41) is 6.85. The highest BCUT2D eigenvalue weighted by atomic mass is 16.2. The summed E-state index contributed by atoms with van der Waals surface area (Å²) in [5.41, 5.74) is 9.02. The molecule has 0 atom stereocenters. The van der Waals surface area contributed by atoms with Crippen LogP contribution in [-0.2, 0) is 19.4 Å².